The zero-order chi connectivity index (χ0) is 9.80. The van der Waals surface area contributed by atoms with Crippen molar-refractivity contribution in [2.45, 2.75) is 19.4 Å². The maximum atomic E-state index is 5.40. The zero-order valence-electron chi connectivity index (χ0n) is 7.88. The lowest BCUT2D eigenvalue weighted by atomic mass is 10.2. The van der Waals surface area contributed by atoms with Gasteiger partial charge in [0.1, 0.15) is 19.0 Å². The molecule has 1 atom stereocenters. The summed E-state index contributed by atoms with van der Waals surface area (Å²) in [6.07, 6.45) is 5.69. The molecule has 1 aliphatic rings. The number of hydrogen-bond acceptors (Lipinski definition) is 5. The maximum absolute atomic E-state index is 5.40. The van der Waals surface area contributed by atoms with Crippen molar-refractivity contribution in [2.75, 3.05) is 6.61 Å². The third kappa shape index (κ3) is 2.18. The van der Waals surface area contributed by atoms with Crippen molar-refractivity contribution in [2.24, 2.45) is 5.16 Å². The van der Waals surface area contributed by atoms with Crippen LogP contribution in [-0.4, -0.2) is 28.4 Å². The molecule has 5 heteroatoms. The molecule has 0 saturated carbocycles. The predicted octanol–water partition coefficient (Wildman–Crippen LogP) is 1.02. The molecule has 1 aromatic rings. The first-order chi connectivity index (χ1) is 6.84. The summed E-state index contributed by atoms with van der Waals surface area (Å²) in [6, 6.07) is 0. The molecule has 0 radical (unpaired) electrons. The summed E-state index contributed by atoms with van der Waals surface area (Å²) in [7, 11) is 0. The van der Waals surface area contributed by atoms with Crippen LogP contribution in [0.5, 0.6) is 5.75 Å². The summed E-state index contributed by atoms with van der Waals surface area (Å²) in [5.41, 5.74) is 0.918. The third-order valence-corrected chi connectivity index (χ3v) is 1.83. The van der Waals surface area contributed by atoms with Crippen LogP contribution >= 0.6 is 0 Å². The Balaban J connectivity index is 1.84. The van der Waals surface area contributed by atoms with E-state index in [1.165, 1.54) is 6.33 Å². The second kappa shape index (κ2) is 4.04. The van der Waals surface area contributed by atoms with Crippen LogP contribution in [0.1, 0.15) is 13.3 Å². The highest BCUT2D eigenvalue weighted by Gasteiger charge is 2.16. The van der Waals surface area contributed by atoms with Gasteiger partial charge in [0.25, 0.3) is 0 Å². The number of rotatable bonds is 3. The topological polar surface area (TPSA) is 56.6 Å². The molecule has 0 bridgehead atoms. The van der Waals surface area contributed by atoms with Crippen molar-refractivity contribution in [1.82, 2.24) is 9.97 Å². The van der Waals surface area contributed by atoms with Crippen LogP contribution in [-0.2, 0) is 4.84 Å². The SMILES string of the molecule is CC1CC(COc2cncnc2)=NO1. The summed E-state index contributed by atoms with van der Waals surface area (Å²) in [6.45, 7) is 2.42. The summed E-state index contributed by atoms with van der Waals surface area (Å²) >= 11 is 0. The first kappa shape index (κ1) is 8.93. The average Bonchev–Trinajstić information content (AvgIpc) is 2.63. The fourth-order valence-electron chi connectivity index (χ4n) is 1.18. The van der Waals surface area contributed by atoms with Crippen molar-refractivity contribution < 1.29 is 9.57 Å². The quantitative estimate of drug-likeness (QED) is 0.719. The second-order valence-corrected chi connectivity index (χ2v) is 3.14. The first-order valence-corrected chi connectivity index (χ1v) is 4.44. The first-order valence-electron chi connectivity index (χ1n) is 4.44. The van der Waals surface area contributed by atoms with E-state index in [-0.39, 0.29) is 6.10 Å². The Bertz CT molecular complexity index is 326. The van der Waals surface area contributed by atoms with Crippen LogP contribution in [0.3, 0.4) is 0 Å². The molecular weight excluding hydrogens is 182 g/mol. The Hall–Kier alpha value is -1.65. The van der Waals surface area contributed by atoms with Crippen LogP contribution in [0.4, 0.5) is 0 Å². The summed E-state index contributed by atoms with van der Waals surface area (Å²) < 4.78 is 5.40. The van der Waals surface area contributed by atoms with Gasteiger partial charge in [-0.15, -0.1) is 0 Å². The lowest BCUT2D eigenvalue weighted by Gasteiger charge is -2.02. The molecule has 2 rings (SSSR count). The van der Waals surface area contributed by atoms with E-state index in [0.29, 0.717) is 12.4 Å². The number of ether oxygens (including phenoxy) is 1. The van der Waals surface area contributed by atoms with Crippen molar-refractivity contribution in [3.05, 3.63) is 18.7 Å². The van der Waals surface area contributed by atoms with Gasteiger partial charge in [-0.3, -0.25) is 0 Å². The number of oxime groups is 1. The van der Waals surface area contributed by atoms with E-state index >= 15 is 0 Å². The summed E-state index contributed by atoms with van der Waals surface area (Å²) in [5, 5.41) is 3.88. The Morgan fingerprint density at radius 2 is 2.29 bits per heavy atom. The number of hydrogen-bond donors (Lipinski definition) is 0. The Morgan fingerprint density at radius 1 is 1.50 bits per heavy atom. The molecule has 0 aliphatic carbocycles. The van der Waals surface area contributed by atoms with Gasteiger partial charge in [0.15, 0.2) is 5.75 Å². The Morgan fingerprint density at radius 3 is 2.93 bits per heavy atom. The third-order valence-electron chi connectivity index (χ3n) is 1.83. The highest BCUT2D eigenvalue weighted by Crippen LogP contribution is 2.11. The zero-order valence-corrected chi connectivity index (χ0v) is 7.88. The molecular formula is C9H11N3O2. The number of aromatic nitrogens is 2. The molecule has 14 heavy (non-hydrogen) atoms. The molecule has 5 nitrogen and oxygen atoms in total. The minimum absolute atomic E-state index is 0.167. The van der Waals surface area contributed by atoms with E-state index in [2.05, 4.69) is 15.1 Å². The van der Waals surface area contributed by atoms with Gasteiger partial charge in [-0.1, -0.05) is 5.16 Å². The van der Waals surface area contributed by atoms with Gasteiger partial charge in [0, 0.05) is 6.42 Å². The van der Waals surface area contributed by atoms with Gasteiger partial charge in [-0.05, 0) is 6.92 Å². The monoisotopic (exact) mass is 193 g/mol. The van der Waals surface area contributed by atoms with Crippen LogP contribution < -0.4 is 4.74 Å². The fourth-order valence-corrected chi connectivity index (χ4v) is 1.18. The van der Waals surface area contributed by atoms with E-state index < -0.39 is 0 Å². The molecule has 0 saturated heterocycles. The van der Waals surface area contributed by atoms with Crippen LogP contribution in [0.25, 0.3) is 0 Å². The van der Waals surface area contributed by atoms with Crippen molar-refractivity contribution in [1.29, 1.82) is 0 Å². The lowest BCUT2D eigenvalue weighted by molar-refractivity contribution is 0.0994. The minimum atomic E-state index is 0.167. The summed E-state index contributed by atoms with van der Waals surface area (Å²) in [5.74, 6) is 0.648. The van der Waals surface area contributed by atoms with Gasteiger partial charge in [-0.2, -0.15) is 0 Å². The van der Waals surface area contributed by atoms with E-state index in [1.54, 1.807) is 12.4 Å². The largest absolute Gasteiger partial charge is 0.484 e. The van der Waals surface area contributed by atoms with E-state index in [4.69, 9.17) is 9.57 Å². The Kier molecular flexibility index (Phi) is 2.58. The molecule has 0 fully saturated rings. The molecule has 0 N–H and O–H groups in total. The molecule has 74 valence electrons. The maximum Gasteiger partial charge on any atom is 0.156 e. The minimum Gasteiger partial charge on any atom is -0.484 e. The van der Waals surface area contributed by atoms with Crippen LogP contribution in [0.15, 0.2) is 23.9 Å². The Labute approximate surface area is 81.8 Å². The average molecular weight is 193 g/mol. The number of nitrogens with zero attached hydrogens (tertiary/aromatic N) is 3. The van der Waals surface area contributed by atoms with Gasteiger partial charge in [0.2, 0.25) is 0 Å². The highest BCUT2D eigenvalue weighted by molar-refractivity contribution is 5.86. The molecule has 0 amide bonds. The van der Waals surface area contributed by atoms with Crippen LogP contribution in [0.2, 0.25) is 0 Å². The van der Waals surface area contributed by atoms with Crippen molar-refractivity contribution >= 4 is 5.71 Å². The molecule has 1 aromatic heterocycles. The molecule has 1 aliphatic heterocycles. The standard InChI is InChI=1S/C9H11N3O2/c1-7-2-8(12-14-7)5-13-9-3-10-6-11-4-9/h3-4,6-7H,2,5H2,1H3. The smallest absolute Gasteiger partial charge is 0.156 e. The van der Waals surface area contributed by atoms with Gasteiger partial charge >= 0.3 is 0 Å². The summed E-state index contributed by atoms with van der Waals surface area (Å²) in [4.78, 5) is 12.7. The van der Waals surface area contributed by atoms with Gasteiger partial charge in [0.05, 0.1) is 18.1 Å². The second-order valence-electron chi connectivity index (χ2n) is 3.14. The molecule has 1 unspecified atom stereocenters. The normalized spacial score (nSPS) is 20.1. The highest BCUT2D eigenvalue weighted by atomic mass is 16.6. The van der Waals surface area contributed by atoms with Crippen molar-refractivity contribution in [3.8, 4) is 5.75 Å². The van der Waals surface area contributed by atoms with Crippen molar-refractivity contribution in [3.63, 3.8) is 0 Å². The van der Waals surface area contributed by atoms with Gasteiger partial charge < -0.3 is 9.57 Å². The lowest BCUT2D eigenvalue weighted by Crippen LogP contribution is -2.11. The molecule has 0 spiro atoms. The van der Waals surface area contributed by atoms with E-state index in [1.807, 2.05) is 6.92 Å². The predicted molar refractivity (Wildman–Crippen MR) is 50.1 cm³/mol. The molecule has 2 heterocycles. The van der Waals surface area contributed by atoms with E-state index in [0.717, 1.165) is 12.1 Å². The van der Waals surface area contributed by atoms with E-state index in [9.17, 15) is 0 Å². The van der Waals surface area contributed by atoms with Crippen LogP contribution in [0, 0.1) is 0 Å². The fraction of sp³-hybridized carbons (Fsp3) is 0.444. The van der Waals surface area contributed by atoms with Gasteiger partial charge in [-0.25, -0.2) is 9.97 Å². The molecule has 0 aromatic carbocycles.